The molecule has 0 unspecified atom stereocenters. The Labute approximate surface area is 145 Å². The Bertz CT molecular complexity index is 901. The van der Waals surface area contributed by atoms with Crippen molar-refractivity contribution in [2.75, 3.05) is 7.11 Å². The molecule has 0 bridgehead atoms. The van der Waals surface area contributed by atoms with Crippen LogP contribution >= 0.6 is 0 Å². The predicted octanol–water partition coefficient (Wildman–Crippen LogP) is 3.16. The third kappa shape index (κ3) is 3.21. The fourth-order valence-corrected chi connectivity index (χ4v) is 2.49. The molecule has 0 spiro atoms. The summed E-state index contributed by atoms with van der Waals surface area (Å²) in [4.78, 5) is 24.5. The van der Waals surface area contributed by atoms with Crippen molar-refractivity contribution >= 4 is 5.97 Å². The quantitative estimate of drug-likeness (QED) is 0.768. The summed E-state index contributed by atoms with van der Waals surface area (Å²) in [5, 5.41) is 9.36. The molecule has 2 aromatic heterocycles. The first-order valence-electron chi connectivity index (χ1n) is 7.78. The zero-order valence-electron chi connectivity index (χ0n) is 14.2. The number of aromatic nitrogens is 4. The fourth-order valence-electron chi connectivity index (χ4n) is 2.49. The molecule has 0 amide bonds. The Morgan fingerprint density at radius 2 is 1.92 bits per heavy atom. The zero-order chi connectivity index (χ0) is 18.0. The van der Waals surface area contributed by atoms with Crippen molar-refractivity contribution in [1.82, 2.24) is 19.5 Å². The summed E-state index contributed by atoms with van der Waals surface area (Å²) in [7, 11) is 1.44. The van der Waals surface area contributed by atoms with Crippen LogP contribution in [0.3, 0.4) is 0 Å². The maximum Gasteiger partial charge on any atom is 0.339 e. The van der Waals surface area contributed by atoms with Crippen LogP contribution in [0, 0.1) is 0 Å². The van der Waals surface area contributed by atoms with Crippen molar-refractivity contribution < 1.29 is 14.6 Å². The van der Waals surface area contributed by atoms with Crippen LogP contribution in [0.25, 0.3) is 17.1 Å². The Morgan fingerprint density at radius 3 is 2.52 bits per heavy atom. The number of hydrogen-bond donors (Lipinski definition) is 1. The second kappa shape index (κ2) is 6.72. The van der Waals surface area contributed by atoms with E-state index >= 15 is 0 Å². The molecule has 3 rings (SSSR count). The molecule has 2 heterocycles. The summed E-state index contributed by atoms with van der Waals surface area (Å²) in [6.07, 6.45) is 6.86. The van der Waals surface area contributed by atoms with E-state index in [9.17, 15) is 9.90 Å². The number of aromatic carboxylic acids is 1. The molecular formula is C18H18N4O3. The van der Waals surface area contributed by atoms with E-state index in [4.69, 9.17) is 4.74 Å². The molecule has 0 atom stereocenters. The Hall–Kier alpha value is -3.22. The van der Waals surface area contributed by atoms with E-state index in [1.165, 1.54) is 7.11 Å². The van der Waals surface area contributed by atoms with Gasteiger partial charge in [0.25, 0.3) is 0 Å². The third-order valence-electron chi connectivity index (χ3n) is 3.78. The van der Waals surface area contributed by atoms with Crippen molar-refractivity contribution in [2.24, 2.45) is 0 Å². The second-order valence-electron chi connectivity index (χ2n) is 5.80. The van der Waals surface area contributed by atoms with Crippen LogP contribution in [-0.4, -0.2) is 37.7 Å². The summed E-state index contributed by atoms with van der Waals surface area (Å²) < 4.78 is 6.89. The first-order valence-corrected chi connectivity index (χ1v) is 7.78. The van der Waals surface area contributed by atoms with Gasteiger partial charge in [-0.25, -0.2) is 19.7 Å². The molecule has 7 nitrogen and oxygen atoms in total. The summed E-state index contributed by atoms with van der Waals surface area (Å²) in [6, 6.07) is 4.95. The van der Waals surface area contributed by atoms with E-state index in [0.29, 0.717) is 17.3 Å². The largest absolute Gasteiger partial charge is 0.496 e. The van der Waals surface area contributed by atoms with Gasteiger partial charge in [0.05, 0.1) is 12.7 Å². The van der Waals surface area contributed by atoms with Crippen LogP contribution < -0.4 is 4.74 Å². The van der Waals surface area contributed by atoms with Crippen molar-refractivity contribution in [2.45, 2.75) is 19.8 Å². The molecule has 0 aliphatic heterocycles. The minimum absolute atomic E-state index is 0.0889. The standard InChI is InChI=1S/C18H18N4O3/c1-11(2)16-20-9-12(10-21-16)17-19-6-7-22(17)13-4-5-15(25-3)14(8-13)18(23)24/h4-11H,1-3H3,(H,23,24). The smallest absolute Gasteiger partial charge is 0.339 e. The summed E-state index contributed by atoms with van der Waals surface area (Å²) in [6.45, 7) is 4.06. The molecule has 0 aliphatic carbocycles. The van der Waals surface area contributed by atoms with Gasteiger partial charge in [0.2, 0.25) is 0 Å². The number of hydrogen-bond acceptors (Lipinski definition) is 5. The molecular weight excluding hydrogens is 320 g/mol. The number of ether oxygens (including phenoxy) is 1. The van der Waals surface area contributed by atoms with Crippen molar-refractivity contribution in [3.8, 4) is 22.8 Å². The van der Waals surface area contributed by atoms with Crippen LogP contribution in [0.1, 0.15) is 35.9 Å². The minimum atomic E-state index is -1.05. The fraction of sp³-hybridized carbons (Fsp3) is 0.222. The Morgan fingerprint density at radius 1 is 1.20 bits per heavy atom. The minimum Gasteiger partial charge on any atom is -0.496 e. The molecule has 0 saturated heterocycles. The van der Waals surface area contributed by atoms with Gasteiger partial charge in [-0.05, 0) is 18.2 Å². The van der Waals surface area contributed by atoms with E-state index in [1.807, 2.05) is 13.8 Å². The number of carboxylic acids is 1. The van der Waals surface area contributed by atoms with Crippen LogP contribution in [0.2, 0.25) is 0 Å². The molecule has 1 N–H and O–H groups in total. The normalized spacial score (nSPS) is 10.9. The first-order chi connectivity index (χ1) is 12.0. The van der Waals surface area contributed by atoms with Gasteiger partial charge in [-0.1, -0.05) is 13.8 Å². The monoisotopic (exact) mass is 338 g/mol. The van der Waals surface area contributed by atoms with Crippen LogP contribution in [-0.2, 0) is 0 Å². The maximum absolute atomic E-state index is 11.4. The molecule has 7 heteroatoms. The van der Waals surface area contributed by atoms with Crippen LogP contribution in [0.15, 0.2) is 43.0 Å². The Kier molecular flexibility index (Phi) is 4.47. The number of nitrogens with zero attached hydrogens (tertiary/aromatic N) is 4. The van der Waals surface area contributed by atoms with Crippen molar-refractivity contribution in [1.29, 1.82) is 0 Å². The summed E-state index contributed by atoms with van der Waals surface area (Å²) >= 11 is 0. The lowest BCUT2D eigenvalue weighted by atomic mass is 10.1. The van der Waals surface area contributed by atoms with Crippen molar-refractivity contribution in [3.05, 3.63) is 54.4 Å². The maximum atomic E-state index is 11.4. The Balaban J connectivity index is 2.05. The molecule has 128 valence electrons. The van der Waals surface area contributed by atoms with Gasteiger partial charge in [-0.3, -0.25) is 4.57 Å². The van der Waals surface area contributed by atoms with Gasteiger partial charge < -0.3 is 9.84 Å². The molecule has 0 saturated carbocycles. The molecule has 25 heavy (non-hydrogen) atoms. The van der Waals surface area contributed by atoms with Gasteiger partial charge >= 0.3 is 5.97 Å². The van der Waals surface area contributed by atoms with E-state index in [-0.39, 0.29) is 11.5 Å². The van der Waals surface area contributed by atoms with Crippen molar-refractivity contribution in [3.63, 3.8) is 0 Å². The number of imidazole rings is 1. The molecule has 0 fully saturated rings. The summed E-state index contributed by atoms with van der Waals surface area (Å²) in [5.74, 6) is 0.900. The van der Waals surface area contributed by atoms with E-state index in [2.05, 4.69) is 15.0 Å². The van der Waals surface area contributed by atoms with E-state index in [0.717, 1.165) is 11.4 Å². The molecule has 3 aromatic rings. The number of benzene rings is 1. The highest BCUT2D eigenvalue weighted by Crippen LogP contribution is 2.26. The highest BCUT2D eigenvalue weighted by molar-refractivity contribution is 5.91. The van der Waals surface area contributed by atoms with Gasteiger partial charge in [0.15, 0.2) is 0 Å². The van der Waals surface area contributed by atoms with E-state index in [1.54, 1.807) is 47.6 Å². The van der Waals surface area contributed by atoms with Crippen LogP contribution in [0.4, 0.5) is 0 Å². The van der Waals surface area contributed by atoms with Gasteiger partial charge in [-0.15, -0.1) is 0 Å². The number of rotatable bonds is 5. The summed E-state index contributed by atoms with van der Waals surface area (Å²) in [5.41, 5.74) is 1.51. The van der Waals surface area contributed by atoms with Gasteiger partial charge in [0, 0.05) is 36.4 Å². The van der Waals surface area contributed by atoms with Gasteiger partial charge in [-0.2, -0.15) is 0 Å². The lowest BCUT2D eigenvalue weighted by Crippen LogP contribution is -2.04. The van der Waals surface area contributed by atoms with Crippen LogP contribution in [0.5, 0.6) is 5.75 Å². The molecule has 0 aliphatic rings. The topological polar surface area (TPSA) is 90.1 Å². The third-order valence-corrected chi connectivity index (χ3v) is 3.78. The first kappa shape index (κ1) is 16.6. The number of carboxylic acid groups (broad SMARTS) is 1. The average Bonchev–Trinajstić information content (AvgIpc) is 3.10. The van der Waals surface area contributed by atoms with Gasteiger partial charge in [0.1, 0.15) is 23.0 Å². The second-order valence-corrected chi connectivity index (χ2v) is 5.80. The number of carbonyl (C=O) groups is 1. The SMILES string of the molecule is COc1ccc(-n2ccnc2-c2cnc(C(C)C)nc2)cc1C(=O)O. The molecule has 1 aromatic carbocycles. The average molecular weight is 338 g/mol. The zero-order valence-corrected chi connectivity index (χ0v) is 14.2. The molecule has 0 radical (unpaired) electrons. The number of methoxy groups -OCH3 is 1. The highest BCUT2D eigenvalue weighted by Gasteiger charge is 2.15. The predicted molar refractivity (Wildman–Crippen MR) is 92.2 cm³/mol. The lowest BCUT2D eigenvalue weighted by molar-refractivity contribution is 0.0693. The highest BCUT2D eigenvalue weighted by atomic mass is 16.5. The van der Waals surface area contributed by atoms with E-state index < -0.39 is 5.97 Å². The lowest BCUT2D eigenvalue weighted by Gasteiger charge is -2.11.